The zero-order chi connectivity index (χ0) is 26.2. The van der Waals surface area contributed by atoms with Crippen LogP contribution < -0.4 is 10.6 Å². The molecule has 10 heteroatoms. The van der Waals surface area contributed by atoms with E-state index in [2.05, 4.69) is 4.98 Å². The number of aliphatic imine (C=N–C) groups is 1. The lowest BCUT2D eigenvalue weighted by atomic mass is 10.0. The normalized spacial score (nSPS) is 12.1. The number of aromatic hydroxyl groups is 1. The van der Waals surface area contributed by atoms with Gasteiger partial charge in [0.1, 0.15) is 0 Å². The smallest absolute Gasteiger partial charge is 0.269 e. The number of benzene rings is 3. The molecule has 0 spiro atoms. The predicted molar refractivity (Wildman–Crippen MR) is 141 cm³/mol. The van der Waals surface area contributed by atoms with Gasteiger partial charge in [0, 0.05) is 40.8 Å². The van der Waals surface area contributed by atoms with Crippen molar-refractivity contribution in [2.24, 2.45) is 10.7 Å². The Morgan fingerprint density at radius 3 is 2.33 bits per heavy atom. The molecule has 9 nitrogen and oxygen atoms in total. The summed E-state index contributed by atoms with van der Waals surface area (Å²) in [5.74, 6) is -0.357. The third-order valence-electron chi connectivity index (χ3n) is 5.66. The van der Waals surface area contributed by atoms with Crippen LogP contribution in [0.25, 0.3) is 10.9 Å². The number of H-pyrrole nitrogens is 1. The molecular weight excluding hydrogens is 482 g/mol. The maximum atomic E-state index is 12.5. The number of anilines is 1. The van der Waals surface area contributed by atoms with Gasteiger partial charge in [0.25, 0.3) is 5.69 Å². The molecular formula is C26H24ClN5O4. The van der Waals surface area contributed by atoms with Crippen LogP contribution in [-0.2, 0) is 4.79 Å². The summed E-state index contributed by atoms with van der Waals surface area (Å²) in [7, 11) is 1.65. The molecule has 4 rings (SSSR count). The minimum absolute atomic E-state index is 0.0621. The fourth-order valence-electron chi connectivity index (χ4n) is 3.83. The summed E-state index contributed by atoms with van der Waals surface area (Å²) in [6.07, 6.45) is 0. The molecule has 1 amide bonds. The highest BCUT2D eigenvalue weighted by Crippen LogP contribution is 2.33. The van der Waals surface area contributed by atoms with Crippen molar-refractivity contribution < 1.29 is 14.8 Å². The van der Waals surface area contributed by atoms with Gasteiger partial charge in [-0.25, -0.2) is 4.99 Å². The molecule has 0 aliphatic heterocycles. The van der Waals surface area contributed by atoms with Crippen molar-refractivity contribution in [2.45, 2.75) is 19.4 Å². The highest BCUT2D eigenvalue weighted by molar-refractivity contribution is 6.31. The van der Waals surface area contributed by atoms with Crippen LogP contribution in [0, 0.1) is 10.1 Å². The lowest BCUT2D eigenvalue weighted by Crippen LogP contribution is -2.49. The van der Waals surface area contributed by atoms with Crippen LogP contribution in [0.3, 0.4) is 0 Å². The highest BCUT2D eigenvalue weighted by atomic mass is 35.5. The van der Waals surface area contributed by atoms with Crippen LogP contribution in [0.4, 0.5) is 17.1 Å². The van der Waals surface area contributed by atoms with Crippen LogP contribution in [0.1, 0.15) is 25.0 Å². The van der Waals surface area contributed by atoms with E-state index in [0.717, 1.165) is 0 Å². The molecule has 0 saturated carbocycles. The van der Waals surface area contributed by atoms with Crippen LogP contribution in [-0.4, -0.2) is 39.2 Å². The average molecular weight is 506 g/mol. The Labute approximate surface area is 212 Å². The summed E-state index contributed by atoms with van der Waals surface area (Å²) >= 11 is 6.11. The quantitative estimate of drug-likeness (QED) is 0.185. The van der Waals surface area contributed by atoms with Gasteiger partial charge >= 0.3 is 0 Å². The fourth-order valence-corrected chi connectivity index (χ4v) is 4.00. The largest absolute Gasteiger partial charge is 0.494 e. The second-order valence-electron chi connectivity index (χ2n) is 8.91. The lowest BCUT2D eigenvalue weighted by Gasteiger charge is -2.25. The third kappa shape index (κ3) is 4.93. The Morgan fingerprint density at radius 1 is 1.11 bits per heavy atom. The fraction of sp³-hybridized carbons (Fsp3) is 0.154. The summed E-state index contributed by atoms with van der Waals surface area (Å²) in [4.78, 5) is 32.3. The number of nitrogens with zero attached hydrogens (tertiary/aromatic N) is 3. The number of fused-ring (bicyclic) bond motifs is 1. The lowest BCUT2D eigenvalue weighted by molar-refractivity contribution is -0.384. The number of nitrogens with one attached hydrogen (secondary N) is 1. The Bertz CT molecular complexity index is 1490. The van der Waals surface area contributed by atoms with Crippen molar-refractivity contribution >= 4 is 51.2 Å². The first kappa shape index (κ1) is 24.9. The number of aromatic nitrogens is 1. The van der Waals surface area contributed by atoms with E-state index in [9.17, 15) is 20.0 Å². The van der Waals surface area contributed by atoms with E-state index >= 15 is 0 Å². The highest BCUT2D eigenvalue weighted by Gasteiger charge is 2.26. The number of non-ortho nitro benzene ring substituents is 1. The number of nitrogens with two attached hydrogens (primary N) is 1. The number of amides is 1. The first-order valence-corrected chi connectivity index (χ1v) is 11.3. The average Bonchev–Trinajstić information content (AvgIpc) is 3.16. The van der Waals surface area contributed by atoms with Gasteiger partial charge in [-0.1, -0.05) is 17.7 Å². The number of hydrogen-bond donors (Lipinski definition) is 3. The zero-order valence-electron chi connectivity index (χ0n) is 19.8. The molecule has 184 valence electrons. The van der Waals surface area contributed by atoms with Gasteiger partial charge in [0.15, 0.2) is 5.88 Å². The van der Waals surface area contributed by atoms with E-state index in [4.69, 9.17) is 22.3 Å². The number of halogens is 1. The standard InChI is InChI=1S/C26H24ClN5O4/c1-26(2,28)25(34)31(3)18-11-7-17(8-12-18)29-23(15-4-9-19(10-5-15)32(35)36)22-20-13-6-16(27)14-21(20)30-24(22)33/h4-14,30,33H,28H2,1-3H3. The number of carbonyl (C=O) groups is 1. The van der Waals surface area contributed by atoms with Gasteiger partial charge in [-0.2, -0.15) is 0 Å². The number of hydrogen-bond acceptors (Lipinski definition) is 6. The topological polar surface area (TPSA) is 138 Å². The van der Waals surface area contributed by atoms with E-state index < -0.39 is 10.5 Å². The molecule has 0 aliphatic rings. The van der Waals surface area contributed by atoms with E-state index in [1.807, 2.05) is 0 Å². The van der Waals surface area contributed by atoms with E-state index in [0.29, 0.717) is 44.1 Å². The molecule has 1 aromatic heterocycles. The minimum Gasteiger partial charge on any atom is -0.494 e. The first-order valence-electron chi connectivity index (χ1n) is 11.0. The molecule has 4 aromatic rings. The number of likely N-dealkylation sites (N-methyl/N-ethyl adjacent to an activating group) is 1. The summed E-state index contributed by atoms with van der Waals surface area (Å²) in [6.45, 7) is 3.28. The van der Waals surface area contributed by atoms with Crippen molar-refractivity contribution in [1.82, 2.24) is 4.98 Å². The van der Waals surface area contributed by atoms with Gasteiger partial charge in [0.05, 0.1) is 32.9 Å². The van der Waals surface area contributed by atoms with Gasteiger partial charge in [0.2, 0.25) is 5.91 Å². The van der Waals surface area contributed by atoms with E-state index in [-0.39, 0.29) is 17.5 Å². The van der Waals surface area contributed by atoms with Crippen molar-refractivity contribution in [2.75, 3.05) is 11.9 Å². The predicted octanol–water partition coefficient (Wildman–Crippen LogP) is 5.30. The molecule has 0 bridgehead atoms. The third-order valence-corrected chi connectivity index (χ3v) is 5.90. The summed E-state index contributed by atoms with van der Waals surface area (Å²) in [6, 6.07) is 18.0. The number of carbonyl (C=O) groups excluding carboxylic acids is 1. The van der Waals surface area contributed by atoms with Crippen LogP contribution >= 0.6 is 11.6 Å². The maximum Gasteiger partial charge on any atom is 0.269 e. The minimum atomic E-state index is -1.02. The van der Waals surface area contributed by atoms with Gasteiger partial charge in [-0.05, 0) is 62.4 Å². The molecule has 0 unspecified atom stereocenters. The first-order chi connectivity index (χ1) is 17.0. The van der Waals surface area contributed by atoms with Crippen molar-refractivity contribution in [3.8, 4) is 5.88 Å². The van der Waals surface area contributed by atoms with Gasteiger partial charge < -0.3 is 20.7 Å². The number of nitro benzene ring substituents is 1. The van der Waals surface area contributed by atoms with Crippen LogP contribution in [0.2, 0.25) is 5.02 Å². The van der Waals surface area contributed by atoms with Gasteiger partial charge in [-0.3, -0.25) is 14.9 Å². The Hall–Kier alpha value is -4.21. The second kappa shape index (κ2) is 9.44. The summed E-state index contributed by atoms with van der Waals surface area (Å²) in [5.41, 5.74) is 8.04. The van der Waals surface area contributed by atoms with Crippen molar-refractivity contribution in [1.29, 1.82) is 0 Å². The van der Waals surface area contributed by atoms with Crippen LogP contribution in [0.5, 0.6) is 5.88 Å². The molecule has 3 aromatic carbocycles. The molecule has 4 N–H and O–H groups in total. The van der Waals surface area contributed by atoms with Gasteiger partial charge in [-0.15, -0.1) is 0 Å². The van der Waals surface area contributed by atoms with Crippen LogP contribution in [0.15, 0.2) is 71.7 Å². The molecule has 0 saturated heterocycles. The zero-order valence-corrected chi connectivity index (χ0v) is 20.6. The molecule has 0 atom stereocenters. The number of aromatic amines is 1. The maximum absolute atomic E-state index is 12.5. The Balaban J connectivity index is 1.83. The molecule has 36 heavy (non-hydrogen) atoms. The molecule has 1 heterocycles. The molecule has 0 radical (unpaired) electrons. The number of rotatable bonds is 6. The number of nitro groups is 1. The van der Waals surface area contributed by atoms with E-state index in [1.54, 1.807) is 75.5 Å². The SMILES string of the molecule is CN(C(=O)C(C)(C)N)c1ccc(N=C(c2ccc([N+](=O)[O-])cc2)c2c(O)[nH]c3cc(Cl)ccc23)cc1. The summed E-state index contributed by atoms with van der Waals surface area (Å²) < 4.78 is 0. The Morgan fingerprint density at radius 2 is 1.75 bits per heavy atom. The van der Waals surface area contributed by atoms with E-state index in [1.165, 1.54) is 17.0 Å². The molecule has 0 aliphatic carbocycles. The summed E-state index contributed by atoms with van der Waals surface area (Å²) in [5, 5.41) is 23.1. The monoisotopic (exact) mass is 505 g/mol. The Kier molecular flexibility index (Phi) is 6.53. The molecule has 0 fully saturated rings. The van der Waals surface area contributed by atoms with Crippen molar-refractivity contribution in [3.63, 3.8) is 0 Å². The second-order valence-corrected chi connectivity index (χ2v) is 9.34. The van der Waals surface area contributed by atoms with Crippen molar-refractivity contribution in [3.05, 3.63) is 93.0 Å².